The standard InChI is InChI=1S/C18H26N2O3/c1-4-23-9-5-8-19-18(22)15-11-17(21)20(12-15)16-10-13(2)6-7-14(16)3/h6-7,10,15H,4-5,8-9,11-12H2,1-3H3,(H,19,22). The van der Waals surface area contributed by atoms with Crippen molar-refractivity contribution in [2.24, 2.45) is 5.92 Å². The van der Waals surface area contributed by atoms with E-state index in [1.54, 1.807) is 4.90 Å². The zero-order chi connectivity index (χ0) is 16.8. The predicted octanol–water partition coefficient (Wildman–Crippen LogP) is 2.20. The average Bonchev–Trinajstić information content (AvgIpc) is 2.91. The van der Waals surface area contributed by atoms with Crippen LogP contribution in [0.3, 0.4) is 0 Å². The lowest BCUT2D eigenvalue weighted by atomic mass is 10.1. The van der Waals surface area contributed by atoms with Gasteiger partial charge in [0.15, 0.2) is 0 Å². The van der Waals surface area contributed by atoms with E-state index in [1.807, 2.05) is 39.0 Å². The molecular formula is C18H26N2O3. The molecule has 1 aliphatic rings. The first-order chi connectivity index (χ1) is 11.0. The number of hydrogen-bond acceptors (Lipinski definition) is 3. The molecule has 1 saturated heterocycles. The molecule has 1 atom stereocenters. The number of amides is 2. The zero-order valence-corrected chi connectivity index (χ0v) is 14.2. The summed E-state index contributed by atoms with van der Waals surface area (Å²) < 4.78 is 5.24. The molecule has 1 aliphatic heterocycles. The molecular weight excluding hydrogens is 292 g/mol. The second kappa shape index (κ2) is 8.11. The van der Waals surface area contributed by atoms with Crippen LogP contribution >= 0.6 is 0 Å². The molecule has 2 rings (SSSR count). The lowest BCUT2D eigenvalue weighted by Crippen LogP contribution is -2.34. The van der Waals surface area contributed by atoms with Crippen molar-refractivity contribution in [2.75, 3.05) is 31.2 Å². The fraction of sp³-hybridized carbons (Fsp3) is 0.556. The molecule has 0 radical (unpaired) electrons. The van der Waals surface area contributed by atoms with Crippen molar-refractivity contribution in [3.05, 3.63) is 29.3 Å². The van der Waals surface area contributed by atoms with Gasteiger partial charge in [-0.15, -0.1) is 0 Å². The number of rotatable bonds is 7. The molecule has 0 spiro atoms. The van der Waals surface area contributed by atoms with Crippen molar-refractivity contribution in [3.63, 3.8) is 0 Å². The molecule has 1 unspecified atom stereocenters. The molecule has 23 heavy (non-hydrogen) atoms. The smallest absolute Gasteiger partial charge is 0.227 e. The summed E-state index contributed by atoms with van der Waals surface area (Å²) in [6.07, 6.45) is 1.08. The van der Waals surface area contributed by atoms with Gasteiger partial charge in [0.1, 0.15) is 0 Å². The van der Waals surface area contributed by atoms with Gasteiger partial charge in [-0.1, -0.05) is 12.1 Å². The lowest BCUT2D eigenvalue weighted by molar-refractivity contribution is -0.126. The molecule has 1 fully saturated rings. The van der Waals surface area contributed by atoms with Gasteiger partial charge in [-0.05, 0) is 44.4 Å². The zero-order valence-electron chi connectivity index (χ0n) is 14.2. The quantitative estimate of drug-likeness (QED) is 0.784. The second-order valence-electron chi connectivity index (χ2n) is 6.04. The summed E-state index contributed by atoms with van der Waals surface area (Å²) in [6.45, 7) is 8.33. The van der Waals surface area contributed by atoms with Gasteiger partial charge < -0.3 is 15.0 Å². The summed E-state index contributed by atoms with van der Waals surface area (Å²) >= 11 is 0. The van der Waals surface area contributed by atoms with E-state index in [-0.39, 0.29) is 24.2 Å². The predicted molar refractivity (Wildman–Crippen MR) is 90.5 cm³/mol. The highest BCUT2D eigenvalue weighted by Crippen LogP contribution is 2.28. The Morgan fingerprint density at radius 1 is 1.39 bits per heavy atom. The van der Waals surface area contributed by atoms with Gasteiger partial charge in [0.05, 0.1) is 5.92 Å². The van der Waals surface area contributed by atoms with Crippen LogP contribution in [0.25, 0.3) is 0 Å². The SMILES string of the molecule is CCOCCCNC(=O)C1CC(=O)N(c2cc(C)ccc2C)C1. The highest BCUT2D eigenvalue weighted by Gasteiger charge is 2.35. The number of hydrogen-bond donors (Lipinski definition) is 1. The monoisotopic (exact) mass is 318 g/mol. The summed E-state index contributed by atoms with van der Waals surface area (Å²) in [5.74, 6) is -0.287. The maximum Gasteiger partial charge on any atom is 0.227 e. The molecule has 5 nitrogen and oxygen atoms in total. The Bertz CT molecular complexity index is 571. The van der Waals surface area contributed by atoms with Crippen LogP contribution < -0.4 is 10.2 Å². The minimum absolute atomic E-state index is 0.0215. The van der Waals surface area contributed by atoms with Crippen LogP contribution in [-0.4, -0.2) is 38.1 Å². The molecule has 1 heterocycles. The van der Waals surface area contributed by atoms with Crippen molar-refractivity contribution in [2.45, 2.75) is 33.6 Å². The number of anilines is 1. The number of nitrogens with one attached hydrogen (secondary N) is 1. The molecule has 1 aromatic rings. The molecule has 2 amide bonds. The van der Waals surface area contributed by atoms with Crippen LogP contribution in [0.5, 0.6) is 0 Å². The molecule has 1 aromatic carbocycles. The Morgan fingerprint density at radius 3 is 2.91 bits per heavy atom. The number of carbonyl (C=O) groups is 2. The summed E-state index contributed by atoms with van der Waals surface area (Å²) in [7, 11) is 0. The Balaban J connectivity index is 1.91. The van der Waals surface area contributed by atoms with E-state index < -0.39 is 0 Å². The van der Waals surface area contributed by atoms with Gasteiger partial charge >= 0.3 is 0 Å². The number of nitrogens with zero attached hydrogens (tertiary/aromatic N) is 1. The van der Waals surface area contributed by atoms with Gasteiger partial charge in [0.25, 0.3) is 0 Å². The van der Waals surface area contributed by atoms with Crippen LogP contribution in [0, 0.1) is 19.8 Å². The Labute approximate surface area is 138 Å². The fourth-order valence-electron chi connectivity index (χ4n) is 2.80. The average molecular weight is 318 g/mol. The largest absolute Gasteiger partial charge is 0.382 e. The summed E-state index contributed by atoms with van der Waals surface area (Å²) in [5.41, 5.74) is 3.09. The third-order valence-electron chi connectivity index (χ3n) is 4.12. The third-order valence-corrected chi connectivity index (χ3v) is 4.12. The first-order valence-corrected chi connectivity index (χ1v) is 8.26. The van der Waals surface area contributed by atoms with Crippen molar-refractivity contribution < 1.29 is 14.3 Å². The number of benzene rings is 1. The van der Waals surface area contributed by atoms with Gasteiger partial charge in [0.2, 0.25) is 11.8 Å². The molecule has 5 heteroatoms. The Morgan fingerprint density at radius 2 is 2.17 bits per heavy atom. The topological polar surface area (TPSA) is 58.6 Å². The number of carbonyl (C=O) groups excluding carboxylic acids is 2. The van der Waals surface area contributed by atoms with E-state index in [1.165, 1.54) is 0 Å². The molecule has 0 aliphatic carbocycles. The maximum atomic E-state index is 12.3. The lowest BCUT2D eigenvalue weighted by Gasteiger charge is -2.19. The molecule has 0 bridgehead atoms. The van der Waals surface area contributed by atoms with E-state index in [4.69, 9.17) is 4.74 Å². The summed E-state index contributed by atoms with van der Waals surface area (Å²) in [5, 5.41) is 2.90. The van der Waals surface area contributed by atoms with E-state index in [0.29, 0.717) is 26.3 Å². The van der Waals surface area contributed by atoms with E-state index in [0.717, 1.165) is 23.2 Å². The fourth-order valence-corrected chi connectivity index (χ4v) is 2.80. The van der Waals surface area contributed by atoms with E-state index in [9.17, 15) is 9.59 Å². The second-order valence-corrected chi connectivity index (χ2v) is 6.04. The van der Waals surface area contributed by atoms with Gasteiger partial charge in [0, 0.05) is 38.4 Å². The van der Waals surface area contributed by atoms with Crippen LogP contribution in [0.15, 0.2) is 18.2 Å². The van der Waals surface area contributed by atoms with E-state index in [2.05, 4.69) is 5.32 Å². The number of aryl methyl sites for hydroxylation is 2. The van der Waals surface area contributed by atoms with Gasteiger partial charge in [-0.3, -0.25) is 9.59 Å². The van der Waals surface area contributed by atoms with Crippen LogP contribution in [0.2, 0.25) is 0 Å². The maximum absolute atomic E-state index is 12.3. The minimum Gasteiger partial charge on any atom is -0.382 e. The van der Waals surface area contributed by atoms with Crippen molar-refractivity contribution in [1.82, 2.24) is 5.32 Å². The molecule has 1 N–H and O–H groups in total. The third kappa shape index (κ3) is 4.55. The van der Waals surface area contributed by atoms with Crippen molar-refractivity contribution in [1.29, 1.82) is 0 Å². The Hall–Kier alpha value is -1.88. The van der Waals surface area contributed by atoms with Gasteiger partial charge in [-0.25, -0.2) is 0 Å². The summed E-state index contributed by atoms with van der Waals surface area (Å²) in [4.78, 5) is 26.3. The Kier molecular flexibility index (Phi) is 6.16. The van der Waals surface area contributed by atoms with Crippen molar-refractivity contribution >= 4 is 17.5 Å². The van der Waals surface area contributed by atoms with Crippen LogP contribution in [-0.2, 0) is 14.3 Å². The van der Waals surface area contributed by atoms with Crippen LogP contribution in [0.1, 0.15) is 30.9 Å². The normalized spacial score (nSPS) is 17.6. The van der Waals surface area contributed by atoms with Gasteiger partial charge in [-0.2, -0.15) is 0 Å². The summed E-state index contributed by atoms with van der Waals surface area (Å²) in [6, 6.07) is 6.05. The molecule has 126 valence electrons. The highest BCUT2D eigenvalue weighted by atomic mass is 16.5. The number of ether oxygens (including phenoxy) is 1. The van der Waals surface area contributed by atoms with E-state index >= 15 is 0 Å². The minimum atomic E-state index is -0.269. The first kappa shape index (κ1) is 17.5. The molecule has 0 saturated carbocycles. The highest BCUT2D eigenvalue weighted by molar-refractivity contribution is 6.00. The van der Waals surface area contributed by atoms with Crippen LogP contribution in [0.4, 0.5) is 5.69 Å². The first-order valence-electron chi connectivity index (χ1n) is 8.26. The molecule has 0 aromatic heterocycles. The van der Waals surface area contributed by atoms with Crippen molar-refractivity contribution in [3.8, 4) is 0 Å².